The molecule has 0 aliphatic rings. The summed E-state index contributed by atoms with van der Waals surface area (Å²) in [5.74, 6) is 1.34. The Morgan fingerprint density at radius 2 is 1.19 bits per heavy atom. The van der Waals surface area contributed by atoms with Gasteiger partial charge in [0.15, 0.2) is 11.5 Å². The average Bonchev–Trinajstić information content (AvgIpc) is 2.76. The van der Waals surface area contributed by atoms with Crippen LogP contribution in [-0.4, -0.2) is 15.3 Å². The molecule has 0 aliphatic carbocycles. The summed E-state index contributed by atoms with van der Waals surface area (Å²) in [5.41, 5.74) is 4.74. The van der Waals surface area contributed by atoms with Gasteiger partial charge in [0.2, 0.25) is 0 Å². The van der Waals surface area contributed by atoms with E-state index in [9.17, 15) is 15.3 Å². The second-order valence-corrected chi connectivity index (χ2v) is 7.85. The van der Waals surface area contributed by atoms with E-state index in [4.69, 9.17) is 4.74 Å². The average molecular weight is 428 g/mol. The lowest BCUT2D eigenvalue weighted by Gasteiger charge is -2.26. The highest BCUT2D eigenvalue weighted by Gasteiger charge is 2.16. The molecule has 5 heteroatoms. The molecule has 0 radical (unpaired) electrons. The third-order valence-corrected chi connectivity index (χ3v) is 5.32. The van der Waals surface area contributed by atoms with Crippen LogP contribution < -0.4 is 9.64 Å². The monoisotopic (exact) mass is 427 g/mol. The van der Waals surface area contributed by atoms with Crippen LogP contribution in [0.3, 0.4) is 0 Å². The molecule has 5 nitrogen and oxygen atoms in total. The summed E-state index contributed by atoms with van der Waals surface area (Å²) >= 11 is 0. The third-order valence-electron chi connectivity index (χ3n) is 5.32. The number of nitrogens with zero attached hydrogens (tertiary/aromatic N) is 1. The number of hydrogen-bond donors (Lipinski definition) is 3. The highest BCUT2D eigenvalue weighted by atomic mass is 16.5. The number of ether oxygens (including phenoxy) is 1. The van der Waals surface area contributed by atoms with Gasteiger partial charge in [-0.2, -0.15) is 0 Å². The van der Waals surface area contributed by atoms with Crippen LogP contribution in [0.1, 0.15) is 16.7 Å². The standard InChI is InChI=1S/C27H25NO4/c1-17-7-12-24(29)27(13-17)32-23-6-4-5-20(14-23)28(21-10-8-18(2)25(30)15-21)22-11-9-19(3)26(31)16-22/h4-16,29-31H,1-3H3. The summed E-state index contributed by atoms with van der Waals surface area (Å²) in [6, 6.07) is 23.5. The molecule has 0 saturated carbocycles. The van der Waals surface area contributed by atoms with E-state index in [2.05, 4.69) is 0 Å². The Kier molecular flexibility index (Phi) is 5.65. The molecule has 0 fully saturated rings. The van der Waals surface area contributed by atoms with Crippen molar-refractivity contribution in [2.24, 2.45) is 0 Å². The third kappa shape index (κ3) is 4.32. The quantitative estimate of drug-likeness (QED) is 0.320. The maximum Gasteiger partial charge on any atom is 0.169 e. The fraction of sp³-hybridized carbons (Fsp3) is 0.111. The molecule has 162 valence electrons. The molecular weight excluding hydrogens is 402 g/mol. The van der Waals surface area contributed by atoms with E-state index < -0.39 is 0 Å². The van der Waals surface area contributed by atoms with E-state index in [0.717, 1.165) is 33.8 Å². The van der Waals surface area contributed by atoms with Gasteiger partial charge in [0.1, 0.15) is 17.2 Å². The first-order valence-corrected chi connectivity index (χ1v) is 10.3. The van der Waals surface area contributed by atoms with E-state index in [-0.39, 0.29) is 17.2 Å². The zero-order valence-corrected chi connectivity index (χ0v) is 18.2. The van der Waals surface area contributed by atoms with Gasteiger partial charge < -0.3 is 25.0 Å². The molecule has 4 aromatic rings. The molecule has 3 N–H and O–H groups in total. The Balaban J connectivity index is 1.80. The van der Waals surface area contributed by atoms with Gasteiger partial charge in [-0.1, -0.05) is 24.3 Å². The predicted octanol–water partition coefficient (Wildman–Crippen LogP) is 6.99. The van der Waals surface area contributed by atoms with Gasteiger partial charge in [0, 0.05) is 35.3 Å². The van der Waals surface area contributed by atoms with Crippen LogP contribution in [0.5, 0.6) is 28.7 Å². The van der Waals surface area contributed by atoms with Gasteiger partial charge >= 0.3 is 0 Å². The van der Waals surface area contributed by atoms with Crippen molar-refractivity contribution in [3.05, 3.63) is 95.6 Å². The molecular formula is C27H25NO4. The number of rotatable bonds is 5. The summed E-state index contributed by atoms with van der Waals surface area (Å²) in [5, 5.41) is 30.8. The second-order valence-electron chi connectivity index (χ2n) is 7.85. The van der Waals surface area contributed by atoms with Gasteiger partial charge in [-0.25, -0.2) is 0 Å². The lowest BCUT2D eigenvalue weighted by molar-refractivity contribution is 0.411. The van der Waals surface area contributed by atoms with Gasteiger partial charge in [-0.05, 0) is 73.9 Å². The van der Waals surface area contributed by atoms with Crippen LogP contribution in [0.15, 0.2) is 78.9 Å². The highest BCUT2D eigenvalue weighted by molar-refractivity contribution is 5.79. The van der Waals surface area contributed by atoms with E-state index in [1.807, 2.05) is 80.3 Å². The van der Waals surface area contributed by atoms with Gasteiger partial charge in [0.25, 0.3) is 0 Å². The van der Waals surface area contributed by atoms with E-state index in [1.165, 1.54) is 0 Å². The highest BCUT2D eigenvalue weighted by Crippen LogP contribution is 2.40. The fourth-order valence-corrected chi connectivity index (χ4v) is 3.44. The number of phenolic OH excluding ortho intramolecular Hbond substituents is 3. The number of benzene rings is 4. The van der Waals surface area contributed by atoms with Crippen LogP contribution in [0.25, 0.3) is 0 Å². The Morgan fingerprint density at radius 3 is 1.78 bits per heavy atom. The molecule has 0 heterocycles. The molecule has 32 heavy (non-hydrogen) atoms. The van der Waals surface area contributed by atoms with Crippen molar-refractivity contribution in [2.75, 3.05) is 4.90 Å². The van der Waals surface area contributed by atoms with Crippen LogP contribution in [0.4, 0.5) is 17.1 Å². The summed E-state index contributed by atoms with van der Waals surface area (Å²) < 4.78 is 5.96. The van der Waals surface area contributed by atoms with Crippen LogP contribution >= 0.6 is 0 Å². The molecule has 0 bridgehead atoms. The Morgan fingerprint density at radius 1 is 0.594 bits per heavy atom. The van der Waals surface area contributed by atoms with Crippen molar-refractivity contribution in [3.63, 3.8) is 0 Å². The largest absolute Gasteiger partial charge is 0.508 e. The molecule has 4 aromatic carbocycles. The van der Waals surface area contributed by atoms with Crippen molar-refractivity contribution in [3.8, 4) is 28.7 Å². The lowest BCUT2D eigenvalue weighted by atomic mass is 10.1. The molecule has 0 atom stereocenters. The predicted molar refractivity (Wildman–Crippen MR) is 127 cm³/mol. The molecule has 0 aliphatic heterocycles. The minimum absolute atomic E-state index is 0.0600. The first-order valence-electron chi connectivity index (χ1n) is 10.3. The minimum Gasteiger partial charge on any atom is -0.508 e. The normalized spacial score (nSPS) is 10.7. The number of aryl methyl sites for hydroxylation is 3. The Hall–Kier alpha value is -4.12. The van der Waals surface area contributed by atoms with Crippen LogP contribution in [0, 0.1) is 20.8 Å². The summed E-state index contributed by atoms with van der Waals surface area (Å²) in [6.07, 6.45) is 0. The summed E-state index contributed by atoms with van der Waals surface area (Å²) in [4.78, 5) is 1.92. The van der Waals surface area contributed by atoms with Crippen LogP contribution in [0.2, 0.25) is 0 Å². The van der Waals surface area contributed by atoms with E-state index in [1.54, 1.807) is 24.3 Å². The zero-order chi connectivity index (χ0) is 22.8. The van der Waals surface area contributed by atoms with Gasteiger partial charge in [0.05, 0.1) is 0 Å². The first-order chi connectivity index (χ1) is 15.3. The summed E-state index contributed by atoms with van der Waals surface area (Å²) in [6.45, 7) is 5.60. The Labute approximate surface area is 187 Å². The smallest absolute Gasteiger partial charge is 0.169 e. The SMILES string of the molecule is Cc1ccc(O)c(Oc2cccc(N(c3ccc(C)c(O)c3)c3ccc(C)c(O)c3)c2)c1. The number of hydrogen-bond acceptors (Lipinski definition) is 5. The van der Waals surface area contributed by atoms with E-state index >= 15 is 0 Å². The number of aromatic hydroxyl groups is 3. The minimum atomic E-state index is 0.0600. The second kappa shape index (κ2) is 8.55. The zero-order valence-electron chi connectivity index (χ0n) is 18.2. The maximum atomic E-state index is 10.3. The number of anilines is 3. The number of phenols is 3. The Bertz CT molecular complexity index is 1230. The van der Waals surface area contributed by atoms with Gasteiger partial charge in [-0.3, -0.25) is 0 Å². The fourth-order valence-electron chi connectivity index (χ4n) is 3.44. The molecule has 0 amide bonds. The van der Waals surface area contributed by atoms with Gasteiger partial charge in [-0.15, -0.1) is 0 Å². The summed E-state index contributed by atoms with van der Waals surface area (Å²) in [7, 11) is 0. The van der Waals surface area contributed by atoms with Crippen molar-refractivity contribution >= 4 is 17.1 Å². The molecule has 0 aromatic heterocycles. The molecule has 0 spiro atoms. The lowest BCUT2D eigenvalue weighted by Crippen LogP contribution is -2.10. The maximum absolute atomic E-state index is 10.3. The molecule has 0 unspecified atom stereocenters. The van der Waals surface area contributed by atoms with Crippen molar-refractivity contribution < 1.29 is 20.1 Å². The van der Waals surface area contributed by atoms with Crippen molar-refractivity contribution in [1.82, 2.24) is 0 Å². The van der Waals surface area contributed by atoms with Crippen molar-refractivity contribution in [1.29, 1.82) is 0 Å². The molecule has 4 rings (SSSR count). The van der Waals surface area contributed by atoms with Crippen LogP contribution in [-0.2, 0) is 0 Å². The van der Waals surface area contributed by atoms with E-state index in [0.29, 0.717) is 11.5 Å². The first kappa shape index (κ1) is 21.1. The van der Waals surface area contributed by atoms with Crippen molar-refractivity contribution in [2.45, 2.75) is 20.8 Å². The molecule has 0 saturated heterocycles. The topological polar surface area (TPSA) is 73.2 Å².